The fraction of sp³-hybridized carbons (Fsp3) is 0.462. The Bertz CT molecular complexity index is 515. The summed E-state index contributed by atoms with van der Waals surface area (Å²) in [5.74, 6) is -0.328. The standard InChI is InChI=1S/C13H17N3O3/c1-4-11(17)16-7-9(8-16)12-10(6-14-15(12)3)13(18)19-5-2/h4,6,9H,1,5,7-8H2,2-3H3. The largest absolute Gasteiger partial charge is 0.462 e. The van der Waals surface area contributed by atoms with Crippen LogP contribution in [0.5, 0.6) is 0 Å². The van der Waals surface area contributed by atoms with Crippen LogP contribution in [0.1, 0.15) is 28.9 Å². The first-order chi connectivity index (χ1) is 9.08. The van der Waals surface area contributed by atoms with Crippen LogP contribution in [0.25, 0.3) is 0 Å². The lowest BCUT2D eigenvalue weighted by molar-refractivity contribution is -0.130. The molecule has 0 radical (unpaired) electrons. The van der Waals surface area contributed by atoms with E-state index in [4.69, 9.17) is 4.74 Å². The molecule has 19 heavy (non-hydrogen) atoms. The van der Waals surface area contributed by atoms with Crippen molar-refractivity contribution in [2.75, 3.05) is 19.7 Å². The smallest absolute Gasteiger partial charge is 0.341 e. The minimum Gasteiger partial charge on any atom is -0.462 e. The molecule has 1 aliphatic heterocycles. The van der Waals surface area contributed by atoms with E-state index >= 15 is 0 Å². The van der Waals surface area contributed by atoms with Crippen molar-refractivity contribution in [2.24, 2.45) is 7.05 Å². The van der Waals surface area contributed by atoms with Crippen LogP contribution >= 0.6 is 0 Å². The summed E-state index contributed by atoms with van der Waals surface area (Å²) in [7, 11) is 1.79. The van der Waals surface area contributed by atoms with Gasteiger partial charge in [-0.05, 0) is 13.0 Å². The number of ether oxygens (including phenoxy) is 1. The zero-order valence-electron chi connectivity index (χ0n) is 11.1. The highest BCUT2D eigenvalue weighted by molar-refractivity contribution is 5.91. The van der Waals surface area contributed by atoms with E-state index in [0.29, 0.717) is 25.3 Å². The maximum absolute atomic E-state index is 11.8. The van der Waals surface area contributed by atoms with Gasteiger partial charge in [0.05, 0.1) is 18.5 Å². The van der Waals surface area contributed by atoms with Crippen LogP contribution in [0, 0.1) is 0 Å². The van der Waals surface area contributed by atoms with E-state index in [1.165, 1.54) is 12.3 Å². The normalized spacial score (nSPS) is 14.9. The lowest BCUT2D eigenvalue weighted by atomic mass is 9.93. The van der Waals surface area contributed by atoms with E-state index in [1.54, 1.807) is 23.6 Å². The lowest BCUT2D eigenvalue weighted by Gasteiger charge is -2.38. The molecule has 6 nitrogen and oxygen atoms in total. The van der Waals surface area contributed by atoms with Gasteiger partial charge in [0.2, 0.25) is 5.91 Å². The quantitative estimate of drug-likeness (QED) is 0.593. The Hall–Kier alpha value is -2.11. The first kappa shape index (κ1) is 13.3. The molecule has 0 aromatic carbocycles. The van der Waals surface area contributed by atoms with Crippen LogP contribution in [0.4, 0.5) is 0 Å². The monoisotopic (exact) mass is 263 g/mol. The maximum Gasteiger partial charge on any atom is 0.341 e. The highest BCUT2D eigenvalue weighted by Gasteiger charge is 2.35. The lowest BCUT2D eigenvalue weighted by Crippen LogP contribution is -2.48. The van der Waals surface area contributed by atoms with E-state index in [-0.39, 0.29) is 17.8 Å². The Labute approximate surface area is 111 Å². The van der Waals surface area contributed by atoms with Gasteiger partial charge in [0.15, 0.2) is 0 Å². The summed E-state index contributed by atoms with van der Waals surface area (Å²) in [6, 6.07) is 0. The number of likely N-dealkylation sites (tertiary alicyclic amines) is 1. The molecule has 0 bridgehead atoms. The first-order valence-electron chi connectivity index (χ1n) is 6.18. The van der Waals surface area contributed by atoms with Gasteiger partial charge in [-0.2, -0.15) is 5.10 Å². The third kappa shape index (κ3) is 2.38. The predicted octanol–water partition coefficient (Wildman–Crippen LogP) is 0.709. The molecule has 0 N–H and O–H groups in total. The number of hydrogen-bond donors (Lipinski definition) is 0. The zero-order chi connectivity index (χ0) is 14.0. The van der Waals surface area contributed by atoms with Crippen LogP contribution in [-0.4, -0.2) is 46.3 Å². The minimum absolute atomic E-state index is 0.0869. The SMILES string of the molecule is C=CC(=O)N1CC(c2c(C(=O)OCC)cnn2C)C1. The van der Waals surface area contributed by atoms with Gasteiger partial charge in [-0.1, -0.05) is 6.58 Å². The van der Waals surface area contributed by atoms with Gasteiger partial charge in [-0.3, -0.25) is 9.48 Å². The summed E-state index contributed by atoms with van der Waals surface area (Å²) < 4.78 is 6.68. The van der Waals surface area contributed by atoms with Crippen molar-refractivity contribution in [3.63, 3.8) is 0 Å². The zero-order valence-corrected chi connectivity index (χ0v) is 11.1. The summed E-state index contributed by atoms with van der Waals surface area (Å²) >= 11 is 0. The number of amides is 1. The van der Waals surface area contributed by atoms with E-state index in [1.807, 2.05) is 0 Å². The van der Waals surface area contributed by atoms with Crippen molar-refractivity contribution < 1.29 is 14.3 Å². The van der Waals surface area contributed by atoms with Crippen LogP contribution in [0.15, 0.2) is 18.9 Å². The number of rotatable bonds is 4. The topological polar surface area (TPSA) is 64.4 Å². The second kappa shape index (κ2) is 5.26. The van der Waals surface area contributed by atoms with Crippen LogP contribution in [0.3, 0.4) is 0 Å². The van der Waals surface area contributed by atoms with Gasteiger partial charge >= 0.3 is 5.97 Å². The number of carbonyl (C=O) groups is 2. The number of carbonyl (C=O) groups excluding carboxylic acids is 2. The molecule has 0 atom stereocenters. The molecule has 0 spiro atoms. The van der Waals surface area contributed by atoms with Crippen LogP contribution in [0.2, 0.25) is 0 Å². The Kier molecular flexibility index (Phi) is 3.69. The second-order valence-electron chi connectivity index (χ2n) is 4.43. The van der Waals surface area contributed by atoms with Gasteiger partial charge in [0, 0.05) is 26.1 Å². The molecule has 2 heterocycles. The van der Waals surface area contributed by atoms with E-state index in [9.17, 15) is 9.59 Å². The van der Waals surface area contributed by atoms with Crippen molar-refractivity contribution in [2.45, 2.75) is 12.8 Å². The summed E-state index contributed by atoms with van der Waals surface area (Å²) in [6.45, 7) is 6.71. The third-order valence-electron chi connectivity index (χ3n) is 3.23. The highest BCUT2D eigenvalue weighted by atomic mass is 16.5. The number of aromatic nitrogens is 2. The van der Waals surface area contributed by atoms with Gasteiger partial charge in [0.25, 0.3) is 0 Å². The molecule has 2 rings (SSSR count). The summed E-state index contributed by atoms with van der Waals surface area (Å²) in [4.78, 5) is 24.9. The summed E-state index contributed by atoms with van der Waals surface area (Å²) in [5.41, 5.74) is 1.31. The molecule has 1 aliphatic rings. The molecular formula is C13H17N3O3. The summed E-state index contributed by atoms with van der Waals surface area (Å²) in [5, 5.41) is 4.11. The Morgan fingerprint density at radius 3 is 2.84 bits per heavy atom. The molecule has 1 aromatic heterocycles. The maximum atomic E-state index is 11.8. The van der Waals surface area contributed by atoms with E-state index in [0.717, 1.165) is 5.69 Å². The molecule has 1 saturated heterocycles. The molecular weight excluding hydrogens is 246 g/mol. The Morgan fingerprint density at radius 2 is 2.26 bits per heavy atom. The average molecular weight is 263 g/mol. The van der Waals surface area contributed by atoms with Gasteiger partial charge in [0.1, 0.15) is 5.56 Å². The molecule has 6 heteroatoms. The number of nitrogens with zero attached hydrogens (tertiary/aromatic N) is 3. The molecule has 1 aromatic rings. The van der Waals surface area contributed by atoms with Crippen molar-refractivity contribution in [1.29, 1.82) is 0 Å². The highest BCUT2D eigenvalue weighted by Crippen LogP contribution is 2.29. The molecule has 0 aliphatic carbocycles. The van der Waals surface area contributed by atoms with Crippen LogP contribution < -0.4 is 0 Å². The Balaban J connectivity index is 2.14. The number of aryl methyl sites for hydroxylation is 1. The van der Waals surface area contributed by atoms with Crippen molar-refractivity contribution in [3.8, 4) is 0 Å². The molecule has 1 amide bonds. The molecule has 0 saturated carbocycles. The first-order valence-corrected chi connectivity index (χ1v) is 6.18. The van der Waals surface area contributed by atoms with Gasteiger partial charge in [-0.15, -0.1) is 0 Å². The second-order valence-corrected chi connectivity index (χ2v) is 4.43. The van der Waals surface area contributed by atoms with Crippen molar-refractivity contribution in [3.05, 3.63) is 30.1 Å². The third-order valence-corrected chi connectivity index (χ3v) is 3.23. The minimum atomic E-state index is -0.362. The molecule has 1 fully saturated rings. The molecule has 102 valence electrons. The van der Waals surface area contributed by atoms with Crippen molar-refractivity contribution >= 4 is 11.9 Å². The van der Waals surface area contributed by atoms with Crippen LogP contribution in [-0.2, 0) is 16.6 Å². The van der Waals surface area contributed by atoms with E-state index < -0.39 is 0 Å². The molecule has 0 unspecified atom stereocenters. The fourth-order valence-corrected chi connectivity index (χ4v) is 2.26. The summed E-state index contributed by atoms with van der Waals surface area (Å²) in [6.07, 6.45) is 2.82. The average Bonchev–Trinajstić information content (AvgIpc) is 2.70. The fourth-order valence-electron chi connectivity index (χ4n) is 2.26. The number of hydrogen-bond acceptors (Lipinski definition) is 4. The van der Waals surface area contributed by atoms with Crippen molar-refractivity contribution in [1.82, 2.24) is 14.7 Å². The van der Waals surface area contributed by atoms with Gasteiger partial charge < -0.3 is 9.64 Å². The van der Waals surface area contributed by atoms with Gasteiger partial charge in [-0.25, -0.2) is 4.79 Å². The van der Waals surface area contributed by atoms with E-state index in [2.05, 4.69) is 11.7 Å². The predicted molar refractivity (Wildman–Crippen MR) is 68.7 cm³/mol. The Morgan fingerprint density at radius 1 is 1.58 bits per heavy atom. The number of esters is 1.